The smallest absolute Gasteiger partial charge is 0.343 e. The van der Waals surface area contributed by atoms with E-state index in [2.05, 4.69) is 10.5 Å². The number of hydrogen-bond acceptors (Lipinski definition) is 5. The van der Waals surface area contributed by atoms with Gasteiger partial charge in [0.25, 0.3) is 5.91 Å². The molecule has 0 aromatic heterocycles. The second-order valence-corrected chi connectivity index (χ2v) is 7.21. The second kappa shape index (κ2) is 10.4. The van der Waals surface area contributed by atoms with Crippen molar-refractivity contribution >= 4 is 29.7 Å². The Labute approximate surface area is 185 Å². The number of carbonyl (C=O) groups is 2. The van der Waals surface area contributed by atoms with E-state index in [0.717, 1.165) is 11.1 Å². The van der Waals surface area contributed by atoms with Gasteiger partial charge in [0, 0.05) is 5.02 Å². The maximum atomic E-state index is 12.2. The first-order chi connectivity index (χ1) is 14.9. The molecule has 158 valence electrons. The lowest BCUT2D eigenvalue weighted by Crippen LogP contribution is -2.33. The highest BCUT2D eigenvalue weighted by molar-refractivity contribution is 6.30. The van der Waals surface area contributed by atoms with Gasteiger partial charge in [-0.15, -0.1) is 0 Å². The van der Waals surface area contributed by atoms with Crippen molar-refractivity contribution in [3.05, 3.63) is 94.5 Å². The quantitative estimate of drug-likeness (QED) is 0.250. The molecule has 0 aliphatic rings. The minimum Gasteiger partial charge on any atom is -0.481 e. The molecule has 0 heterocycles. The number of nitrogens with one attached hydrogen (secondary N) is 1. The van der Waals surface area contributed by atoms with E-state index >= 15 is 0 Å². The molecule has 0 unspecified atom stereocenters. The number of aryl methyl sites for hydroxylation is 1. The van der Waals surface area contributed by atoms with E-state index in [9.17, 15) is 9.59 Å². The van der Waals surface area contributed by atoms with E-state index < -0.39 is 18.0 Å². The molecule has 1 N–H and O–H groups in total. The molecule has 1 atom stereocenters. The van der Waals surface area contributed by atoms with E-state index in [0.29, 0.717) is 22.1 Å². The van der Waals surface area contributed by atoms with Crippen LogP contribution in [0, 0.1) is 6.92 Å². The van der Waals surface area contributed by atoms with Gasteiger partial charge in [0.15, 0.2) is 6.10 Å². The molecule has 0 fully saturated rings. The number of nitrogens with zero attached hydrogens (tertiary/aromatic N) is 1. The van der Waals surface area contributed by atoms with Crippen molar-refractivity contribution < 1.29 is 19.1 Å². The molecule has 0 saturated heterocycles. The van der Waals surface area contributed by atoms with Gasteiger partial charge in [-0.25, -0.2) is 10.2 Å². The van der Waals surface area contributed by atoms with E-state index in [4.69, 9.17) is 21.1 Å². The predicted molar refractivity (Wildman–Crippen MR) is 120 cm³/mol. The zero-order valence-electron chi connectivity index (χ0n) is 17.0. The minimum absolute atomic E-state index is 0.394. The van der Waals surface area contributed by atoms with Crippen molar-refractivity contribution in [2.24, 2.45) is 5.10 Å². The maximum Gasteiger partial charge on any atom is 0.343 e. The second-order valence-electron chi connectivity index (χ2n) is 6.78. The first-order valence-electron chi connectivity index (χ1n) is 9.55. The van der Waals surface area contributed by atoms with Crippen LogP contribution in [-0.2, 0) is 4.79 Å². The van der Waals surface area contributed by atoms with Crippen LogP contribution in [0.1, 0.15) is 28.4 Å². The Balaban J connectivity index is 1.50. The summed E-state index contributed by atoms with van der Waals surface area (Å²) in [6.45, 7) is 3.53. The average molecular weight is 437 g/mol. The van der Waals surface area contributed by atoms with Gasteiger partial charge < -0.3 is 9.47 Å². The molecule has 3 aromatic rings. The van der Waals surface area contributed by atoms with Crippen LogP contribution in [0.15, 0.2) is 77.9 Å². The molecule has 1 amide bonds. The number of ether oxygens (including phenoxy) is 2. The largest absolute Gasteiger partial charge is 0.481 e. The van der Waals surface area contributed by atoms with Gasteiger partial charge in [0.05, 0.1) is 11.8 Å². The zero-order chi connectivity index (χ0) is 22.2. The predicted octanol–water partition coefficient (Wildman–Crippen LogP) is 4.79. The summed E-state index contributed by atoms with van der Waals surface area (Å²) in [5.41, 5.74) is 4.63. The van der Waals surface area contributed by atoms with Gasteiger partial charge in [-0.2, -0.15) is 5.10 Å². The molecule has 0 aliphatic heterocycles. The number of carbonyl (C=O) groups excluding carboxylic acids is 2. The van der Waals surface area contributed by atoms with Crippen LogP contribution < -0.4 is 14.9 Å². The summed E-state index contributed by atoms with van der Waals surface area (Å²) in [6, 6.07) is 20.7. The van der Waals surface area contributed by atoms with Crippen molar-refractivity contribution in [2.45, 2.75) is 20.0 Å². The summed E-state index contributed by atoms with van der Waals surface area (Å²) in [6.07, 6.45) is 0.751. The molecule has 31 heavy (non-hydrogen) atoms. The van der Waals surface area contributed by atoms with Crippen LogP contribution in [0.25, 0.3) is 0 Å². The first kappa shape index (κ1) is 22.1. The van der Waals surface area contributed by atoms with Gasteiger partial charge in [-0.3, -0.25) is 4.79 Å². The van der Waals surface area contributed by atoms with Crippen LogP contribution in [-0.4, -0.2) is 24.2 Å². The number of rotatable bonds is 7. The van der Waals surface area contributed by atoms with Crippen LogP contribution in [0.2, 0.25) is 5.02 Å². The van der Waals surface area contributed by atoms with Crippen molar-refractivity contribution in [2.75, 3.05) is 0 Å². The number of hydrogen-bond donors (Lipinski definition) is 1. The molecule has 7 heteroatoms. The van der Waals surface area contributed by atoms with Crippen LogP contribution in [0.3, 0.4) is 0 Å². The lowest BCUT2D eigenvalue weighted by Gasteiger charge is -2.12. The number of amides is 1. The molecule has 0 saturated carbocycles. The van der Waals surface area contributed by atoms with Crippen molar-refractivity contribution in [1.82, 2.24) is 5.43 Å². The fourth-order valence-electron chi connectivity index (χ4n) is 2.59. The van der Waals surface area contributed by atoms with E-state index in [-0.39, 0.29) is 0 Å². The summed E-state index contributed by atoms with van der Waals surface area (Å²) < 4.78 is 10.9. The number of hydrazone groups is 1. The lowest BCUT2D eigenvalue weighted by atomic mass is 10.1. The molecule has 3 rings (SSSR count). The van der Waals surface area contributed by atoms with Crippen LogP contribution >= 0.6 is 11.6 Å². The molecular weight excluding hydrogens is 416 g/mol. The lowest BCUT2D eigenvalue weighted by molar-refractivity contribution is -0.127. The Kier molecular flexibility index (Phi) is 7.40. The molecule has 0 bridgehead atoms. The standard InChI is InChI=1S/C24H21ClN2O4/c1-16-4-3-5-19(14-16)24(29)31-22-10-6-18(7-11-22)15-26-27-23(28)17(2)30-21-12-8-20(25)9-13-21/h3-15,17H,1-2H3,(H,27,28)/b26-15-/t17-/m0/s1. The highest BCUT2D eigenvalue weighted by Gasteiger charge is 2.14. The third-order valence-corrected chi connectivity index (χ3v) is 4.48. The Morgan fingerprint density at radius 1 is 1.00 bits per heavy atom. The van der Waals surface area contributed by atoms with E-state index in [1.165, 1.54) is 6.21 Å². The molecule has 0 spiro atoms. The Hall–Kier alpha value is -3.64. The third kappa shape index (κ3) is 6.69. The van der Waals surface area contributed by atoms with Gasteiger partial charge in [-0.05, 0) is 80.1 Å². The van der Waals surface area contributed by atoms with Gasteiger partial charge in [-0.1, -0.05) is 29.3 Å². The third-order valence-electron chi connectivity index (χ3n) is 4.23. The van der Waals surface area contributed by atoms with Crippen LogP contribution in [0.5, 0.6) is 11.5 Å². The first-order valence-corrected chi connectivity index (χ1v) is 9.92. The topological polar surface area (TPSA) is 77.0 Å². The minimum atomic E-state index is -0.735. The fourth-order valence-corrected chi connectivity index (χ4v) is 2.72. The summed E-state index contributed by atoms with van der Waals surface area (Å²) in [5, 5.41) is 4.52. The molecule has 0 radical (unpaired) electrons. The molecule has 6 nitrogen and oxygen atoms in total. The number of halogens is 1. The van der Waals surface area contributed by atoms with Crippen LogP contribution in [0.4, 0.5) is 0 Å². The van der Waals surface area contributed by atoms with Gasteiger partial charge in [0.1, 0.15) is 11.5 Å². The normalized spacial score (nSPS) is 11.7. The van der Waals surface area contributed by atoms with Crippen molar-refractivity contribution in [3.8, 4) is 11.5 Å². The zero-order valence-corrected chi connectivity index (χ0v) is 17.8. The fraction of sp³-hybridized carbons (Fsp3) is 0.125. The number of benzene rings is 3. The summed E-state index contributed by atoms with van der Waals surface area (Å²) >= 11 is 5.83. The van der Waals surface area contributed by atoms with Crippen molar-refractivity contribution in [3.63, 3.8) is 0 Å². The summed E-state index contributed by atoms with van der Waals surface area (Å²) in [4.78, 5) is 24.3. The molecule has 0 aliphatic carbocycles. The van der Waals surface area contributed by atoms with Crippen molar-refractivity contribution in [1.29, 1.82) is 0 Å². The summed E-state index contributed by atoms with van der Waals surface area (Å²) in [5.74, 6) is 0.131. The summed E-state index contributed by atoms with van der Waals surface area (Å²) in [7, 11) is 0. The monoisotopic (exact) mass is 436 g/mol. The Morgan fingerprint density at radius 2 is 1.68 bits per heavy atom. The highest BCUT2D eigenvalue weighted by Crippen LogP contribution is 2.17. The number of esters is 1. The molecule has 3 aromatic carbocycles. The Morgan fingerprint density at radius 3 is 2.35 bits per heavy atom. The van der Waals surface area contributed by atoms with E-state index in [1.807, 2.05) is 13.0 Å². The van der Waals surface area contributed by atoms with Gasteiger partial charge in [0.2, 0.25) is 0 Å². The van der Waals surface area contributed by atoms with E-state index in [1.54, 1.807) is 73.7 Å². The average Bonchev–Trinajstić information content (AvgIpc) is 2.76. The van der Waals surface area contributed by atoms with Gasteiger partial charge >= 0.3 is 5.97 Å². The molecular formula is C24H21ClN2O4. The Bertz CT molecular complexity index is 1080. The highest BCUT2D eigenvalue weighted by atomic mass is 35.5. The SMILES string of the molecule is Cc1cccc(C(=O)Oc2ccc(/C=N\NC(=O)[C@H](C)Oc3ccc(Cl)cc3)cc2)c1. The maximum absolute atomic E-state index is 12.2.